The van der Waals surface area contributed by atoms with Gasteiger partial charge in [-0.2, -0.15) is 0 Å². The third-order valence-electron chi connectivity index (χ3n) is 9.17. The van der Waals surface area contributed by atoms with E-state index in [4.69, 9.17) is 13.8 Å². The fraction of sp³-hybridized carbons (Fsp3) is 0.739. The van der Waals surface area contributed by atoms with Crippen LogP contribution in [0.1, 0.15) is 187 Å². The van der Waals surface area contributed by atoms with Crippen molar-refractivity contribution in [3.63, 3.8) is 0 Å². The maximum atomic E-state index is 12.1. The first-order valence-electron chi connectivity index (χ1n) is 22.3. The normalized spacial score (nSPS) is 13.9. The Balaban J connectivity index is 3.68. The Kier molecular flexibility index (Phi) is 40.6. The minimum absolute atomic E-state index is 0.0499. The van der Waals surface area contributed by atoms with E-state index in [1.165, 1.54) is 96.3 Å². The number of allylic oxidation sites excluding steroid dienone is 10. The molecule has 0 radical (unpaired) electrons. The summed E-state index contributed by atoms with van der Waals surface area (Å²) in [4.78, 5) is 33.9. The van der Waals surface area contributed by atoms with Gasteiger partial charge in [-0.1, -0.05) is 158 Å². The Hall–Kier alpha value is -2.29. The van der Waals surface area contributed by atoms with Crippen LogP contribution in [0.25, 0.3) is 0 Å². The Morgan fingerprint density at radius 2 is 0.982 bits per heavy atom. The number of aliphatic hydroxyl groups is 1. The van der Waals surface area contributed by atoms with Crippen LogP contribution in [0.5, 0.6) is 0 Å². The van der Waals surface area contributed by atoms with Crippen LogP contribution in [0, 0.1) is 0 Å². The van der Waals surface area contributed by atoms with Crippen molar-refractivity contribution < 1.29 is 37.9 Å². The fourth-order valence-electron chi connectivity index (χ4n) is 5.78. The number of phosphoric acid groups is 1. The second-order valence-electron chi connectivity index (χ2n) is 14.7. The number of aliphatic hydroxyl groups excluding tert-OH is 1. The molecule has 0 spiro atoms. The number of unbranched alkanes of at least 4 members (excludes halogenated alkanes) is 18. The molecule has 0 heterocycles. The predicted octanol–water partition coefficient (Wildman–Crippen LogP) is 12.5. The van der Waals surface area contributed by atoms with Crippen LogP contribution in [0.4, 0.5) is 0 Å². The van der Waals surface area contributed by atoms with Gasteiger partial charge in [-0.15, -0.1) is 0 Å². The van der Waals surface area contributed by atoms with Crippen LogP contribution in [0.2, 0.25) is 0 Å². The molecule has 0 rings (SSSR count). The molecular weight excluding hydrogens is 725 g/mol. The molecule has 324 valence electrons. The van der Waals surface area contributed by atoms with Crippen molar-refractivity contribution in [3.05, 3.63) is 60.8 Å². The number of carbonyl (C=O) groups is 2. The van der Waals surface area contributed by atoms with E-state index in [0.717, 1.165) is 57.8 Å². The summed E-state index contributed by atoms with van der Waals surface area (Å²) in [5.41, 5.74) is 0. The lowest BCUT2D eigenvalue weighted by Gasteiger charge is -2.15. The van der Waals surface area contributed by atoms with Gasteiger partial charge in [0.25, 0.3) is 0 Å². The molecule has 2 unspecified atom stereocenters. The van der Waals surface area contributed by atoms with E-state index in [9.17, 15) is 24.2 Å². The molecule has 0 aliphatic rings. The van der Waals surface area contributed by atoms with E-state index in [1.807, 2.05) is 0 Å². The number of amides is 1. The summed E-state index contributed by atoms with van der Waals surface area (Å²) < 4.78 is 26.9. The molecule has 9 nitrogen and oxygen atoms in total. The van der Waals surface area contributed by atoms with Gasteiger partial charge in [0.05, 0.1) is 13.2 Å². The molecule has 0 aliphatic carbocycles. The number of esters is 1. The first kappa shape index (κ1) is 53.7. The second kappa shape index (κ2) is 42.3. The molecule has 3 N–H and O–H groups in total. The molecular formula is C46H82NO8P. The lowest BCUT2D eigenvalue weighted by molar-refractivity contribution is -0.147. The van der Waals surface area contributed by atoms with Gasteiger partial charge < -0.3 is 20.1 Å². The highest BCUT2D eigenvalue weighted by Crippen LogP contribution is 2.42. The second-order valence-corrected chi connectivity index (χ2v) is 16.1. The average Bonchev–Trinajstić information content (AvgIpc) is 3.18. The zero-order chi connectivity index (χ0) is 41.1. The fourth-order valence-corrected chi connectivity index (χ4v) is 6.54. The molecule has 0 aromatic heterocycles. The summed E-state index contributed by atoms with van der Waals surface area (Å²) in [6, 6.07) is 0. The molecule has 0 saturated heterocycles. The molecule has 0 fully saturated rings. The van der Waals surface area contributed by atoms with E-state index >= 15 is 0 Å². The van der Waals surface area contributed by atoms with Gasteiger partial charge in [0.2, 0.25) is 5.91 Å². The minimum atomic E-state index is -4.43. The molecule has 0 aromatic rings. The van der Waals surface area contributed by atoms with Crippen molar-refractivity contribution in [1.29, 1.82) is 0 Å². The van der Waals surface area contributed by atoms with Crippen molar-refractivity contribution in [2.45, 2.75) is 193 Å². The number of rotatable bonds is 41. The number of carbonyl (C=O) groups excluding carboxylic acids is 2. The number of nitrogens with one attached hydrogen (secondary N) is 1. The molecule has 0 aromatic carbocycles. The monoisotopic (exact) mass is 808 g/mol. The highest BCUT2D eigenvalue weighted by molar-refractivity contribution is 7.47. The number of phosphoric ester groups is 1. The van der Waals surface area contributed by atoms with Crippen molar-refractivity contribution >= 4 is 19.7 Å². The van der Waals surface area contributed by atoms with Crippen LogP contribution in [-0.2, 0) is 27.9 Å². The SMILES string of the molecule is CCCCC/C=C\C/C=C\C/C=C\C/C=C\CCCC(=O)NCCOP(=O)(O)OCC(O)COC(=O)CCCCCCCCC/C=C\CCCCCCCCC. The van der Waals surface area contributed by atoms with Gasteiger partial charge in [0, 0.05) is 19.4 Å². The zero-order valence-corrected chi connectivity index (χ0v) is 36.5. The van der Waals surface area contributed by atoms with Crippen LogP contribution in [-0.4, -0.2) is 54.3 Å². The number of hydrogen-bond donors (Lipinski definition) is 3. The maximum Gasteiger partial charge on any atom is 0.472 e. The van der Waals surface area contributed by atoms with E-state index < -0.39 is 26.5 Å². The lowest BCUT2D eigenvalue weighted by Crippen LogP contribution is -2.27. The summed E-state index contributed by atoms with van der Waals surface area (Å²) in [7, 11) is -4.43. The van der Waals surface area contributed by atoms with E-state index in [-0.39, 0.29) is 32.1 Å². The standard InChI is InChI=1S/C46H82NO8P/c1-3-5-7-9-11-13-15-17-19-21-23-25-27-29-31-33-35-37-39-46(50)53-42-44(48)43-55-56(51,52)54-41-40-47-45(49)38-36-34-32-30-28-26-24-22-20-18-16-14-12-10-8-6-4-2/h12,14,18-21,24,26,30,32,44,48H,3-11,13,15-17,22-23,25,27-29,31,33-43H2,1-2H3,(H,47,49)(H,51,52)/b14-12-,20-18-,21-19-,26-24-,32-30-. The van der Waals surface area contributed by atoms with Crippen LogP contribution in [0.3, 0.4) is 0 Å². The zero-order valence-electron chi connectivity index (χ0n) is 35.6. The van der Waals surface area contributed by atoms with Gasteiger partial charge in [-0.25, -0.2) is 4.57 Å². The van der Waals surface area contributed by atoms with Gasteiger partial charge >= 0.3 is 13.8 Å². The van der Waals surface area contributed by atoms with Gasteiger partial charge in [-0.05, 0) is 77.0 Å². The molecule has 0 aliphatic heterocycles. The first-order valence-corrected chi connectivity index (χ1v) is 23.8. The topological polar surface area (TPSA) is 131 Å². The largest absolute Gasteiger partial charge is 0.472 e. The van der Waals surface area contributed by atoms with Gasteiger partial charge in [0.15, 0.2) is 0 Å². The van der Waals surface area contributed by atoms with Gasteiger partial charge in [0.1, 0.15) is 12.7 Å². The van der Waals surface area contributed by atoms with Crippen molar-refractivity contribution in [2.24, 2.45) is 0 Å². The first-order chi connectivity index (χ1) is 27.3. The lowest BCUT2D eigenvalue weighted by atomic mass is 10.1. The molecule has 56 heavy (non-hydrogen) atoms. The maximum absolute atomic E-state index is 12.1. The van der Waals surface area contributed by atoms with E-state index in [0.29, 0.717) is 12.8 Å². The average molecular weight is 808 g/mol. The Labute approximate surface area is 342 Å². The molecule has 1 amide bonds. The predicted molar refractivity (Wildman–Crippen MR) is 233 cm³/mol. The minimum Gasteiger partial charge on any atom is -0.463 e. The van der Waals surface area contributed by atoms with Crippen molar-refractivity contribution in [2.75, 3.05) is 26.4 Å². The molecule has 2 atom stereocenters. The molecule has 10 heteroatoms. The van der Waals surface area contributed by atoms with E-state index in [2.05, 4.69) is 79.9 Å². The summed E-state index contributed by atoms with van der Waals surface area (Å²) in [6.07, 6.45) is 50.1. The third-order valence-corrected chi connectivity index (χ3v) is 10.2. The Bertz CT molecular complexity index is 1100. The smallest absolute Gasteiger partial charge is 0.463 e. The van der Waals surface area contributed by atoms with Crippen LogP contribution >= 0.6 is 7.82 Å². The third kappa shape index (κ3) is 42.8. The summed E-state index contributed by atoms with van der Waals surface area (Å²) in [5, 5.41) is 12.7. The summed E-state index contributed by atoms with van der Waals surface area (Å²) >= 11 is 0. The quantitative estimate of drug-likeness (QED) is 0.0241. The highest BCUT2D eigenvalue weighted by atomic mass is 31.2. The number of hydrogen-bond acceptors (Lipinski definition) is 7. The Morgan fingerprint density at radius 3 is 1.54 bits per heavy atom. The number of ether oxygens (including phenoxy) is 1. The highest BCUT2D eigenvalue weighted by Gasteiger charge is 2.23. The summed E-state index contributed by atoms with van der Waals surface area (Å²) in [5.74, 6) is -0.580. The van der Waals surface area contributed by atoms with Crippen molar-refractivity contribution in [3.8, 4) is 0 Å². The van der Waals surface area contributed by atoms with Crippen LogP contribution in [0.15, 0.2) is 60.8 Å². The van der Waals surface area contributed by atoms with Gasteiger partial charge in [-0.3, -0.25) is 18.6 Å². The molecule has 0 saturated carbocycles. The van der Waals surface area contributed by atoms with E-state index in [1.54, 1.807) is 0 Å². The Morgan fingerprint density at radius 1 is 0.554 bits per heavy atom. The van der Waals surface area contributed by atoms with Crippen LogP contribution < -0.4 is 5.32 Å². The van der Waals surface area contributed by atoms with Crippen molar-refractivity contribution in [1.82, 2.24) is 5.32 Å². The molecule has 0 bridgehead atoms. The summed E-state index contributed by atoms with van der Waals surface area (Å²) in [6.45, 7) is 3.45.